The lowest BCUT2D eigenvalue weighted by Crippen LogP contribution is -2.53. The molecule has 2 aliphatic rings. The highest BCUT2D eigenvalue weighted by molar-refractivity contribution is 5.99. The molecule has 0 bridgehead atoms. The van der Waals surface area contributed by atoms with Crippen LogP contribution in [0.15, 0.2) is 30.5 Å². The summed E-state index contributed by atoms with van der Waals surface area (Å²) in [5.74, 6) is 0.640. The SMILES string of the molecule is Cc1ccnc(N[C@H]2c3cc(C(N)=O)ccc3N(C(=O)C(C)C)[C@@H](C3CC3)[C@@H]2C)n1. The number of aryl methyl sites for hydroxylation is 1. The highest BCUT2D eigenvalue weighted by Crippen LogP contribution is 2.50. The zero-order chi connectivity index (χ0) is 21.6. The molecule has 3 atom stereocenters. The Hall–Kier alpha value is -2.96. The number of hydrogen-bond acceptors (Lipinski definition) is 5. The van der Waals surface area contributed by atoms with Gasteiger partial charge in [0.1, 0.15) is 0 Å². The minimum absolute atomic E-state index is 0.0918. The Bertz CT molecular complexity index is 985. The second-order valence-electron chi connectivity index (χ2n) is 8.83. The second-order valence-corrected chi connectivity index (χ2v) is 8.83. The number of nitrogens with zero attached hydrogens (tertiary/aromatic N) is 3. The van der Waals surface area contributed by atoms with Crippen LogP contribution in [-0.4, -0.2) is 27.8 Å². The monoisotopic (exact) mass is 407 g/mol. The summed E-state index contributed by atoms with van der Waals surface area (Å²) in [6.45, 7) is 7.95. The minimum Gasteiger partial charge on any atom is -0.366 e. The van der Waals surface area contributed by atoms with Crippen LogP contribution in [0, 0.1) is 24.7 Å². The molecule has 1 aliphatic carbocycles. The average molecular weight is 408 g/mol. The van der Waals surface area contributed by atoms with E-state index in [0.717, 1.165) is 29.8 Å². The Morgan fingerprint density at radius 3 is 2.57 bits per heavy atom. The van der Waals surface area contributed by atoms with Crippen LogP contribution in [-0.2, 0) is 4.79 Å². The van der Waals surface area contributed by atoms with Gasteiger partial charge in [-0.3, -0.25) is 9.59 Å². The van der Waals surface area contributed by atoms with Crippen LogP contribution < -0.4 is 16.0 Å². The molecule has 1 saturated carbocycles. The fourth-order valence-electron chi connectivity index (χ4n) is 4.54. The van der Waals surface area contributed by atoms with Gasteiger partial charge >= 0.3 is 0 Å². The van der Waals surface area contributed by atoms with E-state index < -0.39 is 5.91 Å². The standard InChI is InChI=1S/C23H29N5O2/c1-12(2)22(30)28-18-8-7-16(21(24)29)11-17(18)19(14(4)20(28)15-5-6-15)27-23-25-10-9-13(3)26-23/h7-12,14-15,19-20H,5-6H2,1-4H3,(H2,24,29)(H,25,26,27)/t14-,19-,20-/m1/s1. The van der Waals surface area contributed by atoms with E-state index in [1.54, 1.807) is 12.3 Å². The zero-order valence-corrected chi connectivity index (χ0v) is 17.9. The number of fused-ring (bicyclic) bond motifs is 1. The van der Waals surface area contributed by atoms with Crippen molar-refractivity contribution in [1.29, 1.82) is 0 Å². The van der Waals surface area contributed by atoms with Gasteiger partial charge in [0.15, 0.2) is 0 Å². The third-order valence-corrected chi connectivity index (χ3v) is 6.19. The van der Waals surface area contributed by atoms with Crippen molar-refractivity contribution in [2.24, 2.45) is 23.5 Å². The normalized spacial score (nSPS) is 23.2. The molecular weight excluding hydrogens is 378 g/mol. The van der Waals surface area contributed by atoms with Gasteiger partial charge < -0.3 is 16.0 Å². The summed E-state index contributed by atoms with van der Waals surface area (Å²) in [7, 11) is 0. The van der Waals surface area contributed by atoms with E-state index in [0.29, 0.717) is 17.4 Å². The van der Waals surface area contributed by atoms with E-state index in [-0.39, 0.29) is 29.8 Å². The van der Waals surface area contributed by atoms with Gasteiger partial charge in [0.25, 0.3) is 0 Å². The van der Waals surface area contributed by atoms with Crippen molar-refractivity contribution in [2.45, 2.75) is 52.6 Å². The molecule has 158 valence electrons. The maximum Gasteiger partial charge on any atom is 0.248 e. The van der Waals surface area contributed by atoms with Crippen molar-refractivity contribution in [3.8, 4) is 0 Å². The molecule has 1 aromatic carbocycles. The Balaban J connectivity index is 1.85. The Morgan fingerprint density at radius 2 is 1.97 bits per heavy atom. The number of nitrogens with one attached hydrogen (secondary N) is 1. The van der Waals surface area contributed by atoms with Crippen molar-refractivity contribution in [3.63, 3.8) is 0 Å². The zero-order valence-electron chi connectivity index (χ0n) is 17.9. The van der Waals surface area contributed by atoms with E-state index in [9.17, 15) is 9.59 Å². The highest BCUT2D eigenvalue weighted by atomic mass is 16.2. The number of aromatic nitrogens is 2. The summed E-state index contributed by atoms with van der Waals surface area (Å²) in [5.41, 5.74) is 8.60. The van der Waals surface area contributed by atoms with Gasteiger partial charge in [-0.2, -0.15) is 0 Å². The number of primary amides is 1. The van der Waals surface area contributed by atoms with Crippen LogP contribution in [0.1, 0.15) is 61.3 Å². The molecule has 1 aromatic heterocycles. The van der Waals surface area contributed by atoms with Gasteiger partial charge in [0.2, 0.25) is 17.8 Å². The quantitative estimate of drug-likeness (QED) is 0.790. The second kappa shape index (κ2) is 7.70. The molecule has 0 radical (unpaired) electrons. The lowest BCUT2D eigenvalue weighted by Gasteiger charge is -2.46. The maximum atomic E-state index is 13.3. The summed E-state index contributed by atoms with van der Waals surface area (Å²) < 4.78 is 0. The molecule has 0 saturated heterocycles. The summed E-state index contributed by atoms with van der Waals surface area (Å²) in [5, 5.41) is 3.48. The number of amides is 2. The van der Waals surface area contributed by atoms with Gasteiger partial charge in [-0.1, -0.05) is 20.8 Å². The number of benzene rings is 1. The highest BCUT2D eigenvalue weighted by Gasteiger charge is 2.48. The first-order valence-corrected chi connectivity index (χ1v) is 10.6. The summed E-state index contributed by atoms with van der Waals surface area (Å²) in [6, 6.07) is 7.19. The molecule has 4 rings (SSSR count). The molecule has 1 aliphatic heterocycles. The fourth-order valence-corrected chi connectivity index (χ4v) is 4.54. The van der Waals surface area contributed by atoms with E-state index in [2.05, 4.69) is 22.2 Å². The minimum atomic E-state index is -0.484. The van der Waals surface area contributed by atoms with Gasteiger partial charge in [-0.15, -0.1) is 0 Å². The number of rotatable bonds is 5. The number of hydrogen-bond donors (Lipinski definition) is 2. The Morgan fingerprint density at radius 1 is 1.23 bits per heavy atom. The third kappa shape index (κ3) is 3.64. The molecule has 0 spiro atoms. The molecule has 1 fully saturated rings. The molecule has 2 aromatic rings. The van der Waals surface area contributed by atoms with Crippen molar-refractivity contribution in [2.75, 3.05) is 10.2 Å². The summed E-state index contributed by atoms with van der Waals surface area (Å²) >= 11 is 0. The van der Waals surface area contributed by atoms with Crippen LogP contribution in [0.5, 0.6) is 0 Å². The molecule has 30 heavy (non-hydrogen) atoms. The van der Waals surface area contributed by atoms with Crippen LogP contribution in [0.4, 0.5) is 11.6 Å². The molecular formula is C23H29N5O2. The fraction of sp³-hybridized carbons (Fsp3) is 0.478. The lowest BCUT2D eigenvalue weighted by molar-refractivity contribution is -0.122. The third-order valence-electron chi connectivity index (χ3n) is 6.19. The van der Waals surface area contributed by atoms with Crippen LogP contribution in [0.25, 0.3) is 0 Å². The first-order chi connectivity index (χ1) is 14.3. The molecule has 0 unspecified atom stereocenters. The van der Waals surface area contributed by atoms with Crippen molar-refractivity contribution in [3.05, 3.63) is 47.3 Å². The van der Waals surface area contributed by atoms with Crippen LogP contribution in [0.3, 0.4) is 0 Å². The van der Waals surface area contributed by atoms with Crippen molar-refractivity contribution < 1.29 is 9.59 Å². The molecule has 7 heteroatoms. The topological polar surface area (TPSA) is 101 Å². The van der Waals surface area contributed by atoms with E-state index >= 15 is 0 Å². The number of carbonyl (C=O) groups is 2. The van der Waals surface area contributed by atoms with Gasteiger partial charge in [-0.25, -0.2) is 9.97 Å². The smallest absolute Gasteiger partial charge is 0.248 e. The first kappa shape index (κ1) is 20.3. The van der Waals surface area contributed by atoms with Crippen molar-refractivity contribution >= 4 is 23.5 Å². The van der Waals surface area contributed by atoms with Gasteiger partial charge in [-0.05, 0) is 55.5 Å². The summed E-state index contributed by atoms with van der Waals surface area (Å²) in [6.07, 6.45) is 3.98. The van der Waals surface area contributed by atoms with Gasteiger partial charge in [0, 0.05) is 41.0 Å². The van der Waals surface area contributed by atoms with Gasteiger partial charge in [0.05, 0.1) is 6.04 Å². The number of anilines is 2. The van der Waals surface area contributed by atoms with Crippen LogP contribution in [0.2, 0.25) is 0 Å². The first-order valence-electron chi connectivity index (χ1n) is 10.6. The largest absolute Gasteiger partial charge is 0.366 e. The predicted molar refractivity (Wildman–Crippen MR) is 116 cm³/mol. The average Bonchev–Trinajstić information content (AvgIpc) is 3.53. The molecule has 7 nitrogen and oxygen atoms in total. The number of carbonyl (C=O) groups excluding carboxylic acids is 2. The van der Waals surface area contributed by atoms with Crippen LogP contribution >= 0.6 is 0 Å². The Kier molecular flexibility index (Phi) is 5.22. The summed E-state index contributed by atoms with van der Waals surface area (Å²) in [4.78, 5) is 36.0. The molecule has 3 N–H and O–H groups in total. The number of nitrogens with two attached hydrogens (primary N) is 1. The lowest BCUT2D eigenvalue weighted by atomic mass is 9.79. The maximum absolute atomic E-state index is 13.3. The van der Waals surface area contributed by atoms with E-state index in [1.807, 2.05) is 43.9 Å². The predicted octanol–water partition coefficient (Wildman–Crippen LogP) is 3.45. The Labute approximate surface area is 177 Å². The van der Waals surface area contributed by atoms with Crippen molar-refractivity contribution in [1.82, 2.24) is 9.97 Å². The van der Waals surface area contributed by atoms with E-state index in [4.69, 9.17) is 5.73 Å². The molecule has 2 heterocycles. The van der Waals surface area contributed by atoms with E-state index in [1.165, 1.54) is 0 Å². The molecule has 2 amide bonds.